The van der Waals surface area contributed by atoms with Crippen LogP contribution in [0.3, 0.4) is 0 Å². The molecule has 0 spiro atoms. The van der Waals surface area contributed by atoms with Crippen molar-refractivity contribution in [3.8, 4) is 0 Å². The lowest BCUT2D eigenvalue weighted by molar-refractivity contribution is 0.0806. The lowest BCUT2D eigenvalue weighted by atomic mass is 9.93. The number of fused-ring (bicyclic) bond motifs is 1. The van der Waals surface area contributed by atoms with E-state index in [2.05, 4.69) is 17.4 Å². The minimum Gasteiger partial charge on any atom is -0.396 e. The van der Waals surface area contributed by atoms with E-state index in [4.69, 9.17) is 4.74 Å². The second-order valence-corrected chi connectivity index (χ2v) is 4.96. The van der Waals surface area contributed by atoms with Crippen LogP contribution in [0.1, 0.15) is 18.1 Å². The first-order valence-corrected chi connectivity index (χ1v) is 5.82. The lowest BCUT2D eigenvalue weighted by Gasteiger charge is -2.25. The number of aliphatic hydroxyl groups excluding tert-OH is 2. The summed E-state index contributed by atoms with van der Waals surface area (Å²) in [6, 6.07) is 6.13. The van der Waals surface area contributed by atoms with Gasteiger partial charge in [0.2, 0.25) is 0 Å². The number of anilines is 1. The van der Waals surface area contributed by atoms with Crippen molar-refractivity contribution in [1.29, 1.82) is 0 Å². The van der Waals surface area contributed by atoms with Crippen molar-refractivity contribution in [2.45, 2.75) is 20.1 Å². The molecule has 0 fully saturated rings. The standard InChI is InChI=1S/C13H19NO3/c1-13(8-15,9-16)7-14-12-3-2-10-5-17-6-11(10)4-12/h2-4,14-16H,5-9H2,1H3. The molecule has 0 atom stereocenters. The summed E-state index contributed by atoms with van der Waals surface area (Å²) in [7, 11) is 0. The van der Waals surface area contributed by atoms with Crippen molar-refractivity contribution in [1.82, 2.24) is 0 Å². The van der Waals surface area contributed by atoms with E-state index < -0.39 is 5.41 Å². The van der Waals surface area contributed by atoms with Gasteiger partial charge in [-0.05, 0) is 23.3 Å². The molecule has 0 aliphatic carbocycles. The Morgan fingerprint density at radius 3 is 2.65 bits per heavy atom. The Morgan fingerprint density at radius 2 is 1.94 bits per heavy atom. The number of nitrogens with one attached hydrogen (secondary N) is 1. The van der Waals surface area contributed by atoms with Gasteiger partial charge in [-0.1, -0.05) is 13.0 Å². The first-order chi connectivity index (χ1) is 8.17. The van der Waals surface area contributed by atoms with Gasteiger partial charge >= 0.3 is 0 Å². The maximum Gasteiger partial charge on any atom is 0.0725 e. The summed E-state index contributed by atoms with van der Waals surface area (Å²) in [5.74, 6) is 0. The molecule has 1 aromatic rings. The van der Waals surface area contributed by atoms with Crippen molar-refractivity contribution < 1.29 is 14.9 Å². The average molecular weight is 237 g/mol. The van der Waals surface area contributed by atoms with Gasteiger partial charge in [0.1, 0.15) is 0 Å². The number of rotatable bonds is 5. The van der Waals surface area contributed by atoms with E-state index in [1.807, 2.05) is 13.0 Å². The molecule has 0 radical (unpaired) electrons. The van der Waals surface area contributed by atoms with Gasteiger partial charge in [-0.2, -0.15) is 0 Å². The van der Waals surface area contributed by atoms with Crippen LogP contribution in [0.2, 0.25) is 0 Å². The molecule has 0 saturated carbocycles. The minimum absolute atomic E-state index is 0.0372. The van der Waals surface area contributed by atoms with Gasteiger partial charge < -0.3 is 20.3 Å². The Hall–Kier alpha value is -1.10. The summed E-state index contributed by atoms with van der Waals surface area (Å²) in [6.07, 6.45) is 0. The van der Waals surface area contributed by atoms with Crippen molar-refractivity contribution in [3.63, 3.8) is 0 Å². The number of benzene rings is 1. The SMILES string of the molecule is CC(CO)(CO)CNc1ccc2c(c1)COC2. The van der Waals surface area contributed by atoms with Gasteiger partial charge in [0.05, 0.1) is 26.4 Å². The fourth-order valence-electron chi connectivity index (χ4n) is 1.76. The van der Waals surface area contributed by atoms with Gasteiger partial charge in [-0.3, -0.25) is 0 Å². The summed E-state index contributed by atoms with van der Waals surface area (Å²) < 4.78 is 5.35. The van der Waals surface area contributed by atoms with Gasteiger partial charge in [-0.15, -0.1) is 0 Å². The molecule has 3 N–H and O–H groups in total. The fraction of sp³-hybridized carbons (Fsp3) is 0.538. The van der Waals surface area contributed by atoms with E-state index in [0.717, 1.165) is 5.69 Å². The highest BCUT2D eigenvalue weighted by Gasteiger charge is 2.22. The molecule has 1 aromatic carbocycles. The molecule has 0 unspecified atom stereocenters. The molecule has 17 heavy (non-hydrogen) atoms. The van der Waals surface area contributed by atoms with Crippen LogP contribution in [0.25, 0.3) is 0 Å². The molecule has 94 valence electrons. The number of aliphatic hydroxyl groups is 2. The van der Waals surface area contributed by atoms with Gasteiger partial charge in [0.25, 0.3) is 0 Å². The Balaban J connectivity index is 2.00. The summed E-state index contributed by atoms with van der Waals surface area (Å²) in [5.41, 5.74) is 2.96. The van der Waals surface area contributed by atoms with Crippen LogP contribution in [-0.4, -0.2) is 30.0 Å². The first-order valence-electron chi connectivity index (χ1n) is 5.82. The van der Waals surface area contributed by atoms with Gasteiger partial charge in [0.15, 0.2) is 0 Å². The Kier molecular flexibility index (Phi) is 3.66. The molecule has 4 nitrogen and oxygen atoms in total. The van der Waals surface area contributed by atoms with Crippen LogP contribution in [0.5, 0.6) is 0 Å². The largest absolute Gasteiger partial charge is 0.396 e. The van der Waals surface area contributed by atoms with Crippen LogP contribution in [-0.2, 0) is 18.0 Å². The van der Waals surface area contributed by atoms with Gasteiger partial charge in [-0.25, -0.2) is 0 Å². The summed E-state index contributed by atoms with van der Waals surface area (Å²) in [5, 5.41) is 21.6. The van der Waals surface area contributed by atoms with Crippen molar-refractivity contribution in [2.75, 3.05) is 25.1 Å². The molecular weight excluding hydrogens is 218 g/mol. The highest BCUT2D eigenvalue weighted by molar-refractivity contribution is 5.49. The van der Waals surface area contributed by atoms with E-state index in [1.165, 1.54) is 11.1 Å². The molecule has 0 amide bonds. The molecule has 1 aliphatic rings. The topological polar surface area (TPSA) is 61.7 Å². The van der Waals surface area contributed by atoms with Crippen LogP contribution < -0.4 is 5.32 Å². The van der Waals surface area contributed by atoms with Crippen molar-refractivity contribution >= 4 is 5.69 Å². The molecule has 2 rings (SSSR count). The quantitative estimate of drug-likeness (QED) is 0.718. The predicted octanol–water partition coefficient (Wildman–Crippen LogP) is 1.12. The van der Waals surface area contributed by atoms with Crippen LogP contribution in [0, 0.1) is 5.41 Å². The molecule has 0 aromatic heterocycles. The Labute approximate surface area is 101 Å². The highest BCUT2D eigenvalue weighted by Crippen LogP contribution is 2.24. The molecule has 0 bridgehead atoms. The monoisotopic (exact) mass is 237 g/mol. The number of ether oxygens (including phenoxy) is 1. The average Bonchev–Trinajstić information content (AvgIpc) is 2.83. The van der Waals surface area contributed by atoms with Crippen LogP contribution in [0.4, 0.5) is 5.69 Å². The Morgan fingerprint density at radius 1 is 1.24 bits per heavy atom. The first kappa shape index (κ1) is 12.4. The third-order valence-electron chi connectivity index (χ3n) is 3.20. The zero-order chi connectivity index (χ0) is 12.3. The van der Waals surface area contributed by atoms with E-state index in [0.29, 0.717) is 19.8 Å². The number of hydrogen-bond acceptors (Lipinski definition) is 4. The highest BCUT2D eigenvalue weighted by atomic mass is 16.5. The van der Waals surface area contributed by atoms with Gasteiger partial charge in [0, 0.05) is 17.6 Å². The number of hydrogen-bond donors (Lipinski definition) is 3. The third-order valence-corrected chi connectivity index (χ3v) is 3.20. The smallest absolute Gasteiger partial charge is 0.0725 e. The zero-order valence-electron chi connectivity index (χ0n) is 10.1. The normalized spacial score (nSPS) is 14.8. The fourth-order valence-corrected chi connectivity index (χ4v) is 1.76. The van der Waals surface area contributed by atoms with E-state index in [1.54, 1.807) is 0 Å². The maximum absolute atomic E-state index is 9.20. The molecule has 4 heteroatoms. The summed E-state index contributed by atoms with van der Waals surface area (Å²) >= 11 is 0. The van der Waals surface area contributed by atoms with Crippen LogP contribution >= 0.6 is 0 Å². The molecule has 1 aliphatic heterocycles. The van der Waals surface area contributed by atoms with E-state index >= 15 is 0 Å². The van der Waals surface area contributed by atoms with E-state index in [-0.39, 0.29) is 13.2 Å². The minimum atomic E-state index is -0.491. The second kappa shape index (κ2) is 5.04. The third kappa shape index (κ3) is 2.77. The maximum atomic E-state index is 9.20. The van der Waals surface area contributed by atoms with Crippen molar-refractivity contribution in [2.24, 2.45) is 5.41 Å². The summed E-state index contributed by atoms with van der Waals surface area (Å²) in [6.45, 7) is 3.67. The zero-order valence-corrected chi connectivity index (χ0v) is 10.1. The Bertz CT molecular complexity index is 388. The lowest BCUT2D eigenvalue weighted by Crippen LogP contribution is -2.34. The molecule has 1 heterocycles. The molecular formula is C13H19NO3. The molecule has 0 saturated heterocycles. The van der Waals surface area contributed by atoms with Crippen molar-refractivity contribution in [3.05, 3.63) is 29.3 Å². The predicted molar refractivity (Wildman–Crippen MR) is 65.7 cm³/mol. The summed E-state index contributed by atoms with van der Waals surface area (Å²) in [4.78, 5) is 0. The van der Waals surface area contributed by atoms with Crippen LogP contribution in [0.15, 0.2) is 18.2 Å². The van der Waals surface area contributed by atoms with E-state index in [9.17, 15) is 10.2 Å². The second-order valence-electron chi connectivity index (χ2n) is 4.96.